The first kappa shape index (κ1) is 27.8. The molecule has 3 rings (SSSR count). The van der Waals surface area contributed by atoms with E-state index in [1.807, 2.05) is 87.5 Å². The smallest absolute Gasteiger partial charge is 0.243 e. The van der Waals surface area contributed by atoms with Crippen molar-refractivity contribution in [2.45, 2.75) is 58.0 Å². The van der Waals surface area contributed by atoms with Crippen LogP contribution in [0.5, 0.6) is 0 Å². The summed E-state index contributed by atoms with van der Waals surface area (Å²) < 4.78 is 0. The maximum atomic E-state index is 13.7. The van der Waals surface area contributed by atoms with Gasteiger partial charge in [-0.05, 0) is 62.1 Å². The average Bonchev–Trinajstić information content (AvgIpc) is 2.83. The molecule has 0 aliphatic heterocycles. The molecule has 0 saturated heterocycles. The van der Waals surface area contributed by atoms with Crippen molar-refractivity contribution < 1.29 is 9.59 Å². The zero-order valence-electron chi connectivity index (χ0n) is 21.5. The molecule has 3 aromatic rings. The van der Waals surface area contributed by atoms with E-state index in [0.29, 0.717) is 18.0 Å². The van der Waals surface area contributed by atoms with Crippen LogP contribution in [0.15, 0.2) is 78.9 Å². The maximum absolute atomic E-state index is 13.7. The Hall–Kier alpha value is -2.76. The summed E-state index contributed by atoms with van der Waals surface area (Å²) in [6.07, 6.45) is 0.435. The van der Waals surface area contributed by atoms with E-state index in [4.69, 9.17) is 11.6 Å². The number of benzene rings is 3. The molecule has 0 fully saturated rings. The van der Waals surface area contributed by atoms with Crippen LogP contribution < -0.4 is 5.32 Å². The van der Waals surface area contributed by atoms with Crippen molar-refractivity contribution in [1.29, 1.82) is 0 Å². The van der Waals surface area contributed by atoms with Gasteiger partial charge in [0, 0.05) is 29.3 Å². The molecule has 1 atom stereocenters. The Morgan fingerprint density at radius 2 is 1.56 bits per heavy atom. The molecule has 4 nitrogen and oxygen atoms in total. The highest BCUT2D eigenvalue weighted by atomic mass is 35.5. The number of nitrogens with zero attached hydrogens (tertiary/aromatic N) is 1. The molecule has 2 amide bonds. The summed E-state index contributed by atoms with van der Waals surface area (Å²) in [6.45, 7) is 8.27. The fourth-order valence-electron chi connectivity index (χ4n) is 3.90. The molecule has 1 unspecified atom stereocenters. The summed E-state index contributed by atoms with van der Waals surface area (Å²) in [5, 5.41) is 3.73. The lowest BCUT2D eigenvalue weighted by Gasteiger charge is -2.34. The third-order valence-electron chi connectivity index (χ3n) is 5.78. The molecule has 36 heavy (non-hydrogen) atoms. The predicted molar refractivity (Wildman–Crippen MR) is 151 cm³/mol. The summed E-state index contributed by atoms with van der Waals surface area (Å²) in [6, 6.07) is 24.9. The summed E-state index contributed by atoms with van der Waals surface area (Å²) in [7, 11) is 0. The lowest BCUT2D eigenvalue weighted by Crippen LogP contribution is -2.54. The first-order chi connectivity index (χ1) is 17.1. The first-order valence-electron chi connectivity index (χ1n) is 12.1. The molecule has 0 heterocycles. The third kappa shape index (κ3) is 8.72. The lowest BCUT2D eigenvalue weighted by molar-refractivity contribution is -0.140. The van der Waals surface area contributed by atoms with Gasteiger partial charge in [0.05, 0.1) is 5.75 Å². The van der Waals surface area contributed by atoms with Crippen molar-refractivity contribution in [1.82, 2.24) is 10.2 Å². The van der Waals surface area contributed by atoms with Gasteiger partial charge in [0.2, 0.25) is 11.8 Å². The Labute approximate surface area is 224 Å². The number of nitrogens with one attached hydrogen (secondary N) is 1. The number of hydrogen-bond acceptors (Lipinski definition) is 3. The molecule has 0 spiro atoms. The molecule has 0 aromatic heterocycles. The van der Waals surface area contributed by atoms with E-state index < -0.39 is 11.6 Å². The van der Waals surface area contributed by atoms with Gasteiger partial charge in [0.15, 0.2) is 0 Å². The van der Waals surface area contributed by atoms with Crippen molar-refractivity contribution in [2.24, 2.45) is 0 Å². The van der Waals surface area contributed by atoms with Crippen LogP contribution in [0.2, 0.25) is 5.02 Å². The van der Waals surface area contributed by atoms with Gasteiger partial charge >= 0.3 is 0 Å². The predicted octanol–water partition coefficient (Wildman–Crippen LogP) is 6.44. The van der Waals surface area contributed by atoms with Gasteiger partial charge in [0.25, 0.3) is 0 Å². The van der Waals surface area contributed by atoms with E-state index >= 15 is 0 Å². The standard InChI is InChI=1S/C30H35ClN2O2S/c1-22-10-8-9-13-25(22)20-36-21-28(34)33(19-24-14-16-26(31)17-15-24)27(29(35)32-30(2,3)4)18-23-11-6-5-7-12-23/h5-17,27H,18-21H2,1-4H3,(H,32,35). The molecular formula is C30H35ClN2O2S. The van der Waals surface area contributed by atoms with Crippen LogP contribution in [0.3, 0.4) is 0 Å². The Kier molecular flexibility index (Phi) is 10.0. The van der Waals surface area contributed by atoms with Crippen LogP contribution in [0.4, 0.5) is 0 Å². The Balaban J connectivity index is 1.87. The van der Waals surface area contributed by atoms with Crippen molar-refractivity contribution in [3.8, 4) is 0 Å². The molecule has 0 aliphatic carbocycles. The number of hydrogen-bond donors (Lipinski definition) is 1. The normalized spacial score (nSPS) is 12.1. The SMILES string of the molecule is Cc1ccccc1CSCC(=O)N(Cc1ccc(Cl)cc1)C(Cc1ccccc1)C(=O)NC(C)(C)C. The second kappa shape index (κ2) is 13.0. The molecule has 6 heteroatoms. The fourth-order valence-corrected chi connectivity index (χ4v) is 5.01. The maximum Gasteiger partial charge on any atom is 0.243 e. The van der Waals surface area contributed by atoms with Crippen molar-refractivity contribution in [3.63, 3.8) is 0 Å². The van der Waals surface area contributed by atoms with E-state index in [1.54, 1.807) is 16.7 Å². The minimum atomic E-state index is -0.645. The van der Waals surface area contributed by atoms with Crippen LogP contribution >= 0.6 is 23.4 Å². The number of carbonyl (C=O) groups is 2. The van der Waals surface area contributed by atoms with E-state index in [-0.39, 0.29) is 17.6 Å². The highest BCUT2D eigenvalue weighted by Gasteiger charge is 2.32. The van der Waals surface area contributed by atoms with Gasteiger partial charge in [-0.2, -0.15) is 0 Å². The highest BCUT2D eigenvalue weighted by Crippen LogP contribution is 2.21. The lowest BCUT2D eigenvalue weighted by atomic mass is 10.0. The average molecular weight is 523 g/mol. The summed E-state index contributed by atoms with van der Waals surface area (Å²) in [5.41, 5.74) is 3.94. The number of aryl methyl sites for hydroxylation is 1. The van der Waals surface area contributed by atoms with Crippen LogP contribution in [0.1, 0.15) is 43.0 Å². The van der Waals surface area contributed by atoms with Crippen LogP contribution in [0.25, 0.3) is 0 Å². The fraction of sp³-hybridized carbons (Fsp3) is 0.333. The zero-order valence-corrected chi connectivity index (χ0v) is 23.0. The minimum Gasteiger partial charge on any atom is -0.350 e. The van der Waals surface area contributed by atoms with Gasteiger partial charge in [0.1, 0.15) is 6.04 Å². The Morgan fingerprint density at radius 3 is 2.19 bits per heavy atom. The quantitative estimate of drug-likeness (QED) is 0.333. The van der Waals surface area contributed by atoms with Crippen LogP contribution in [-0.2, 0) is 28.3 Å². The number of halogens is 1. The van der Waals surface area contributed by atoms with Crippen LogP contribution in [-0.4, -0.2) is 34.0 Å². The number of thioether (sulfide) groups is 1. The molecule has 0 bridgehead atoms. The zero-order chi connectivity index (χ0) is 26.1. The first-order valence-corrected chi connectivity index (χ1v) is 13.7. The van der Waals surface area contributed by atoms with Gasteiger partial charge in [-0.3, -0.25) is 9.59 Å². The van der Waals surface area contributed by atoms with Gasteiger partial charge in [-0.15, -0.1) is 11.8 Å². The van der Waals surface area contributed by atoms with Gasteiger partial charge in [-0.25, -0.2) is 0 Å². The topological polar surface area (TPSA) is 49.4 Å². The molecule has 3 aromatic carbocycles. The monoisotopic (exact) mass is 522 g/mol. The molecule has 0 aliphatic rings. The van der Waals surface area contributed by atoms with Crippen molar-refractivity contribution in [2.75, 3.05) is 5.75 Å². The molecule has 190 valence electrons. The van der Waals surface area contributed by atoms with E-state index in [2.05, 4.69) is 24.4 Å². The third-order valence-corrected chi connectivity index (χ3v) is 7.00. The molecule has 0 radical (unpaired) electrons. The summed E-state index contributed by atoms with van der Waals surface area (Å²) in [4.78, 5) is 29.0. The van der Waals surface area contributed by atoms with Crippen LogP contribution in [0, 0.1) is 6.92 Å². The van der Waals surface area contributed by atoms with E-state index in [1.165, 1.54) is 11.1 Å². The van der Waals surface area contributed by atoms with Gasteiger partial charge < -0.3 is 10.2 Å². The molecule has 0 saturated carbocycles. The second-order valence-corrected chi connectivity index (χ2v) is 11.4. The Bertz CT molecular complexity index is 1140. The number of rotatable bonds is 10. The van der Waals surface area contributed by atoms with Crippen molar-refractivity contribution >= 4 is 35.2 Å². The highest BCUT2D eigenvalue weighted by molar-refractivity contribution is 7.99. The molecule has 1 N–H and O–H groups in total. The second-order valence-electron chi connectivity index (χ2n) is 10.0. The van der Waals surface area contributed by atoms with Gasteiger partial charge in [-0.1, -0.05) is 78.3 Å². The number of carbonyl (C=O) groups excluding carboxylic acids is 2. The Morgan fingerprint density at radius 1 is 0.917 bits per heavy atom. The van der Waals surface area contributed by atoms with E-state index in [0.717, 1.165) is 16.9 Å². The number of amides is 2. The summed E-state index contributed by atoms with van der Waals surface area (Å²) in [5.74, 6) is 0.812. The van der Waals surface area contributed by atoms with Crippen molar-refractivity contribution in [3.05, 3.63) is 106 Å². The molecular weight excluding hydrogens is 488 g/mol. The summed E-state index contributed by atoms with van der Waals surface area (Å²) >= 11 is 7.67. The van der Waals surface area contributed by atoms with E-state index in [9.17, 15) is 9.59 Å². The minimum absolute atomic E-state index is 0.0616. The largest absolute Gasteiger partial charge is 0.350 e.